The molecule has 1 aliphatic rings. The van der Waals surface area contributed by atoms with E-state index >= 15 is 0 Å². The highest BCUT2D eigenvalue weighted by molar-refractivity contribution is 6.30. The molecule has 1 fully saturated rings. The number of ether oxygens (including phenoxy) is 1. The molecule has 0 spiro atoms. The van der Waals surface area contributed by atoms with Crippen molar-refractivity contribution in [2.75, 3.05) is 11.9 Å². The summed E-state index contributed by atoms with van der Waals surface area (Å²) in [5.74, 6) is 0. The van der Waals surface area contributed by atoms with Crippen LogP contribution in [0.3, 0.4) is 0 Å². The Morgan fingerprint density at radius 2 is 1.94 bits per heavy atom. The van der Waals surface area contributed by atoms with Crippen LogP contribution < -0.4 is 10.6 Å². The third kappa shape index (κ3) is 6.77. The monoisotopic (exact) mass is 469 g/mol. The lowest BCUT2D eigenvalue weighted by molar-refractivity contribution is -0.0905. The second kappa shape index (κ2) is 11.3. The van der Waals surface area contributed by atoms with Gasteiger partial charge in [-0.25, -0.2) is 4.79 Å². The number of nitrogens with one attached hydrogen (secondary N) is 2. The summed E-state index contributed by atoms with van der Waals surface area (Å²) in [5, 5.41) is 24.6. The van der Waals surface area contributed by atoms with Gasteiger partial charge in [-0.2, -0.15) is 0 Å². The number of carbonyl (C=O) groups is 1. The molecule has 4 rings (SSSR count). The third-order valence-corrected chi connectivity index (χ3v) is 5.96. The van der Waals surface area contributed by atoms with Gasteiger partial charge in [-0.1, -0.05) is 47.1 Å². The number of halogens is 1. The minimum atomic E-state index is -0.455. The molecule has 2 aromatic carbocycles. The zero-order valence-electron chi connectivity index (χ0n) is 18.2. The standard InChI is InChI=1S/C24H28ClN5O3/c25-18-6-8-19(9-7-18)26-24(32)27-22-11-10-21(33-23(22)16-31)12-13-30-15-20(28-29-30)14-17-4-2-1-3-5-17/h1-9,15,21-23,31H,10-14,16H2,(H2,26,27,32)/t21-,22-,23+/m1/s1. The predicted octanol–water partition coefficient (Wildman–Crippen LogP) is 3.64. The Morgan fingerprint density at radius 1 is 1.15 bits per heavy atom. The summed E-state index contributed by atoms with van der Waals surface area (Å²) < 4.78 is 7.90. The molecule has 174 valence electrons. The van der Waals surface area contributed by atoms with Gasteiger partial charge in [0.25, 0.3) is 0 Å². The van der Waals surface area contributed by atoms with E-state index in [1.54, 1.807) is 24.3 Å². The molecule has 0 aliphatic carbocycles. The number of rotatable bonds is 8. The molecule has 3 atom stereocenters. The van der Waals surface area contributed by atoms with Crippen LogP contribution in [-0.2, 0) is 17.7 Å². The Morgan fingerprint density at radius 3 is 2.70 bits per heavy atom. The van der Waals surface area contributed by atoms with Gasteiger partial charge in [-0.15, -0.1) is 5.10 Å². The van der Waals surface area contributed by atoms with E-state index in [0.29, 0.717) is 17.3 Å². The SMILES string of the molecule is O=C(Nc1ccc(Cl)cc1)N[C@@H]1CC[C@H](CCn2cc(Cc3ccccc3)nn2)O[C@H]1CO. The van der Waals surface area contributed by atoms with E-state index in [0.717, 1.165) is 31.4 Å². The molecule has 3 N–H and O–H groups in total. The maximum atomic E-state index is 12.3. The van der Waals surface area contributed by atoms with E-state index in [-0.39, 0.29) is 24.8 Å². The topological polar surface area (TPSA) is 101 Å². The normalized spacial score (nSPS) is 20.4. The Bertz CT molecular complexity index is 1030. The molecule has 0 saturated carbocycles. The highest BCUT2D eigenvalue weighted by atomic mass is 35.5. The molecule has 0 unspecified atom stereocenters. The van der Waals surface area contributed by atoms with Gasteiger partial charge in [0.05, 0.1) is 24.4 Å². The van der Waals surface area contributed by atoms with E-state index in [9.17, 15) is 9.90 Å². The average Bonchev–Trinajstić information content (AvgIpc) is 3.27. The van der Waals surface area contributed by atoms with Gasteiger partial charge in [0.1, 0.15) is 6.10 Å². The highest BCUT2D eigenvalue weighted by Gasteiger charge is 2.31. The van der Waals surface area contributed by atoms with E-state index in [1.165, 1.54) is 5.56 Å². The minimum Gasteiger partial charge on any atom is -0.394 e. The summed E-state index contributed by atoms with van der Waals surface area (Å²) in [6.45, 7) is 0.521. The lowest BCUT2D eigenvalue weighted by Crippen LogP contribution is -2.52. The van der Waals surface area contributed by atoms with Crippen molar-refractivity contribution < 1.29 is 14.6 Å². The lowest BCUT2D eigenvalue weighted by atomic mass is 9.97. The van der Waals surface area contributed by atoms with Gasteiger partial charge in [0, 0.05) is 29.9 Å². The molecule has 0 radical (unpaired) electrons. The number of aliphatic hydroxyl groups excluding tert-OH is 1. The zero-order chi connectivity index (χ0) is 23.0. The number of carbonyl (C=O) groups excluding carboxylic acids is 1. The number of amides is 2. The second-order valence-electron chi connectivity index (χ2n) is 8.19. The van der Waals surface area contributed by atoms with Gasteiger partial charge in [-0.3, -0.25) is 4.68 Å². The fourth-order valence-corrected chi connectivity index (χ4v) is 4.11. The molecule has 2 amide bonds. The highest BCUT2D eigenvalue weighted by Crippen LogP contribution is 2.23. The number of nitrogens with zero attached hydrogens (tertiary/aromatic N) is 3. The Kier molecular flexibility index (Phi) is 7.93. The molecule has 1 aromatic heterocycles. The van der Waals surface area contributed by atoms with Crippen molar-refractivity contribution in [2.24, 2.45) is 0 Å². The summed E-state index contributed by atoms with van der Waals surface area (Å²) in [6.07, 6.45) is 4.51. The van der Waals surface area contributed by atoms with Crippen LogP contribution in [0, 0.1) is 0 Å². The molecule has 8 nitrogen and oxygen atoms in total. The number of urea groups is 1. The molecule has 1 saturated heterocycles. The summed E-state index contributed by atoms with van der Waals surface area (Å²) in [5.41, 5.74) is 2.77. The minimum absolute atomic E-state index is 0.0127. The first-order valence-electron chi connectivity index (χ1n) is 11.1. The fourth-order valence-electron chi connectivity index (χ4n) is 3.99. The van der Waals surface area contributed by atoms with Crippen LogP contribution in [0.5, 0.6) is 0 Å². The van der Waals surface area contributed by atoms with Crippen molar-refractivity contribution in [1.29, 1.82) is 0 Å². The quantitative estimate of drug-likeness (QED) is 0.467. The van der Waals surface area contributed by atoms with Crippen molar-refractivity contribution in [3.05, 3.63) is 77.1 Å². The Labute approximate surface area is 197 Å². The van der Waals surface area contributed by atoms with Crippen LogP contribution in [0.1, 0.15) is 30.5 Å². The average molecular weight is 470 g/mol. The van der Waals surface area contributed by atoms with Crippen LogP contribution in [-0.4, -0.2) is 51.0 Å². The summed E-state index contributed by atoms with van der Waals surface area (Å²) in [6, 6.07) is 16.5. The number of hydrogen-bond acceptors (Lipinski definition) is 5. The smallest absolute Gasteiger partial charge is 0.319 e. The number of anilines is 1. The molecule has 1 aliphatic heterocycles. The van der Waals surface area contributed by atoms with Crippen molar-refractivity contribution in [2.45, 2.75) is 50.5 Å². The number of benzene rings is 2. The van der Waals surface area contributed by atoms with Gasteiger partial charge < -0.3 is 20.5 Å². The maximum absolute atomic E-state index is 12.3. The summed E-state index contributed by atoms with van der Waals surface area (Å²) in [7, 11) is 0. The van der Waals surface area contributed by atoms with Crippen LogP contribution >= 0.6 is 11.6 Å². The van der Waals surface area contributed by atoms with Crippen molar-refractivity contribution in [1.82, 2.24) is 20.3 Å². The molecule has 33 heavy (non-hydrogen) atoms. The Balaban J connectivity index is 1.23. The first-order valence-corrected chi connectivity index (χ1v) is 11.5. The summed E-state index contributed by atoms with van der Waals surface area (Å²) >= 11 is 5.87. The molecule has 0 bridgehead atoms. The molecule has 9 heteroatoms. The van der Waals surface area contributed by atoms with Crippen LogP contribution in [0.15, 0.2) is 60.8 Å². The Hall–Kier alpha value is -2.94. The molecule has 3 aromatic rings. The number of hydrogen-bond donors (Lipinski definition) is 3. The van der Waals surface area contributed by atoms with Crippen molar-refractivity contribution in [3.8, 4) is 0 Å². The predicted molar refractivity (Wildman–Crippen MR) is 126 cm³/mol. The lowest BCUT2D eigenvalue weighted by Gasteiger charge is -2.36. The number of aliphatic hydroxyl groups is 1. The van der Waals surface area contributed by atoms with Crippen LogP contribution in [0.4, 0.5) is 10.5 Å². The number of aryl methyl sites for hydroxylation is 1. The molecule has 2 heterocycles. The number of aromatic nitrogens is 3. The van der Waals surface area contributed by atoms with Crippen LogP contribution in [0.25, 0.3) is 0 Å². The van der Waals surface area contributed by atoms with E-state index in [2.05, 4.69) is 33.1 Å². The summed E-state index contributed by atoms with van der Waals surface area (Å²) in [4.78, 5) is 12.3. The van der Waals surface area contributed by atoms with Gasteiger partial charge in [0.15, 0.2) is 0 Å². The first kappa shape index (κ1) is 23.2. The van der Waals surface area contributed by atoms with E-state index < -0.39 is 6.10 Å². The first-order chi connectivity index (χ1) is 16.1. The van der Waals surface area contributed by atoms with Crippen molar-refractivity contribution >= 4 is 23.3 Å². The largest absolute Gasteiger partial charge is 0.394 e. The van der Waals surface area contributed by atoms with Crippen molar-refractivity contribution in [3.63, 3.8) is 0 Å². The fraction of sp³-hybridized carbons (Fsp3) is 0.375. The van der Waals surface area contributed by atoms with Crippen LogP contribution in [0.2, 0.25) is 5.02 Å². The third-order valence-electron chi connectivity index (χ3n) is 5.71. The van der Waals surface area contributed by atoms with Gasteiger partial charge in [-0.05, 0) is 49.1 Å². The zero-order valence-corrected chi connectivity index (χ0v) is 19.0. The molecular formula is C24H28ClN5O3. The van der Waals surface area contributed by atoms with Gasteiger partial charge in [0.2, 0.25) is 0 Å². The van der Waals surface area contributed by atoms with E-state index in [1.807, 2.05) is 29.1 Å². The second-order valence-corrected chi connectivity index (χ2v) is 8.63. The van der Waals surface area contributed by atoms with E-state index in [4.69, 9.17) is 16.3 Å². The molecular weight excluding hydrogens is 442 g/mol. The van der Waals surface area contributed by atoms with Gasteiger partial charge >= 0.3 is 6.03 Å². The maximum Gasteiger partial charge on any atom is 0.319 e.